The number of rotatable bonds is 2. The normalized spacial score (nSPS) is 10.5. The number of benzene rings is 1. The van der Waals surface area contributed by atoms with Crippen LogP contribution >= 0.6 is 11.6 Å². The molecule has 2 aromatic rings. The van der Waals surface area contributed by atoms with Gasteiger partial charge >= 0.3 is 0 Å². The highest BCUT2D eigenvalue weighted by Gasteiger charge is 2.07. The fraction of sp³-hybridized carbons (Fsp3) is 0.182. The fourth-order valence-corrected chi connectivity index (χ4v) is 1.79. The van der Waals surface area contributed by atoms with Crippen molar-refractivity contribution >= 4 is 17.5 Å². The van der Waals surface area contributed by atoms with Gasteiger partial charge in [0, 0.05) is 17.1 Å². The van der Waals surface area contributed by atoms with Crippen LogP contribution in [0.5, 0.6) is 0 Å². The van der Waals surface area contributed by atoms with Gasteiger partial charge in [0.25, 0.3) is 0 Å². The number of hydrogen-bond acceptors (Lipinski definition) is 2. The summed E-state index contributed by atoms with van der Waals surface area (Å²) in [5.74, 6) is 0.535. The summed E-state index contributed by atoms with van der Waals surface area (Å²) in [5, 5.41) is 0.718. The van der Waals surface area contributed by atoms with Crippen LogP contribution < -0.4 is 5.73 Å². The van der Waals surface area contributed by atoms with Crippen LogP contribution in [-0.4, -0.2) is 9.55 Å². The molecule has 0 radical (unpaired) electrons. The van der Waals surface area contributed by atoms with Gasteiger partial charge in [0.1, 0.15) is 0 Å². The van der Waals surface area contributed by atoms with E-state index in [0.29, 0.717) is 5.95 Å². The number of nitrogen functional groups attached to an aromatic ring is 1. The van der Waals surface area contributed by atoms with Gasteiger partial charge in [-0.1, -0.05) is 23.7 Å². The summed E-state index contributed by atoms with van der Waals surface area (Å²) >= 11 is 5.94. The molecule has 0 aliphatic carbocycles. The minimum absolute atomic E-state index is 0.535. The predicted molar refractivity (Wildman–Crippen MR) is 62.8 cm³/mol. The van der Waals surface area contributed by atoms with Gasteiger partial charge in [-0.3, -0.25) is 0 Å². The largest absolute Gasteiger partial charge is 0.369 e. The van der Waals surface area contributed by atoms with Crippen LogP contribution in [-0.2, 0) is 6.54 Å². The molecule has 78 valence electrons. The van der Waals surface area contributed by atoms with Crippen molar-refractivity contribution in [1.82, 2.24) is 9.55 Å². The van der Waals surface area contributed by atoms with Crippen molar-refractivity contribution in [1.29, 1.82) is 0 Å². The maximum atomic E-state index is 5.94. The van der Waals surface area contributed by atoms with Crippen LogP contribution in [0.3, 0.4) is 0 Å². The third-order valence-corrected chi connectivity index (χ3v) is 2.56. The molecule has 2 N–H and O–H groups in total. The van der Waals surface area contributed by atoms with E-state index in [9.17, 15) is 0 Å². The van der Waals surface area contributed by atoms with E-state index in [1.807, 2.05) is 35.8 Å². The summed E-state index contributed by atoms with van der Waals surface area (Å²) in [6, 6.07) is 7.67. The van der Waals surface area contributed by atoms with Gasteiger partial charge in [-0.2, -0.15) is 0 Å². The highest BCUT2D eigenvalue weighted by atomic mass is 35.5. The van der Waals surface area contributed by atoms with Crippen molar-refractivity contribution in [2.24, 2.45) is 0 Å². The van der Waals surface area contributed by atoms with E-state index in [4.69, 9.17) is 17.3 Å². The molecule has 1 heterocycles. The van der Waals surface area contributed by atoms with Crippen LogP contribution in [0.1, 0.15) is 6.92 Å². The Morgan fingerprint density at radius 1 is 1.47 bits per heavy atom. The lowest BCUT2D eigenvalue weighted by atomic mass is 10.2. The van der Waals surface area contributed by atoms with Crippen molar-refractivity contribution < 1.29 is 0 Å². The summed E-state index contributed by atoms with van der Waals surface area (Å²) in [5.41, 5.74) is 7.78. The third kappa shape index (κ3) is 1.83. The summed E-state index contributed by atoms with van der Waals surface area (Å²) in [6.07, 6.45) is 1.77. The molecule has 0 saturated heterocycles. The average molecular weight is 222 g/mol. The van der Waals surface area contributed by atoms with Crippen molar-refractivity contribution in [3.8, 4) is 11.3 Å². The zero-order valence-electron chi connectivity index (χ0n) is 8.44. The lowest BCUT2D eigenvalue weighted by Crippen LogP contribution is -2.02. The molecule has 0 spiro atoms. The first-order valence-electron chi connectivity index (χ1n) is 4.79. The maximum Gasteiger partial charge on any atom is 0.200 e. The standard InChI is InChI=1S/C11H12ClN3/c1-2-15-10(7-14-11(15)13)8-4-3-5-9(12)6-8/h3-7H,2H2,1H3,(H2,13,14). The van der Waals surface area contributed by atoms with Crippen LogP contribution in [0.15, 0.2) is 30.5 Å². The number of imidazole rings is 1. The maximum absolute atomic E-state index is 5.94. The Labute approximate surface area is 93.5 Å². The van der Waals surface area contributed by atoms with E-state index in [1.54, 1.807) is 6.20 Å². The summed E-state index contributed by atoms with van der Waals surface area (Å²) in [6.45, 7) is 2.83. The monoisotopic (exact) mass is 221 g/mol. The Balaban J connectivity index is 2.54. The van der Waals surface area contributed by atoms with Gasteiger partial charge in [-0.25, -0.2) is 4.98 Å². The molecule has 2 rings (SSSR count). The van der Waals surface area contributed by atoms with E-state index >= 15 is 0 Å². The summed E-state index contributed by atoms with van der Waals surface area (Å²) in [4.78, 5) is 4.09. The zero-order valence-corrected chi connectivity index (χ0v) is 9.20. The molecule has 0 fully saturated rings. The number of nitrogens with zero attached hydrogens (tertiary/aromatic N) is 2. The quantitative estimate of drug-likeness (QED) is 0.848. The minimum Gasteiger partial charge on any atom is -0.369 e. The topological polar surface area (TPSA) is 43.8 Å². The lowest BCUT2D eigenvalue weighted by molar-refractivity contribution is 0.781. The van der Waals surface area contributed by atoms with Crippen LogP contribution in [0.2, 0.25) is 5.02 Å². The molecule has 0 bridgehead atoms. The van der Waals surface area contributed by atoms with Crippen molar-refractivity contribution in [3.63, 3.8) is 0 Å². The molecule has 4 heteroatoms. The van der Waals surface area contributed by atoms with E-state index < -0.39 is 0 Å². The SMILES string of the molecule is CCn1c(-c2cccc(Cl)c2)cnc1N. The number of anilines is 1. The Kier molecular flexibility index (Phi) is 2.64. The van der Waals surface area contributed by atoms with E-state index in [1.165, 1.54) is 0 Å². The Hall–Kier alpha value is -1.48. The number of nitrogens with two attached hydrogens (primary N) is 1. The van der Waals surface area contributed by atoms with E-state index in [-0.39, 0.29) is 0 Å². The molecule has 0 saturated carbocycles. The van der Waals surface area contributed by atoms with Crippen LogP contribution in [0.4, 0.5) is 5.95 Å². The van der Waals surface area contributed by atoms with Crippen molar-refractivity contribution in [2.45, 2.75) is 13.5 Å². The fourth-order valence-electron chi connectivity index (χ4n) is 1.60. The van der Waals surface area contributed by atoms with E-state index in [0.717, 1.165) is 22.8 Å². The second-order valence-electron chi connectivity index (χ2n) is 3.26. The second kappa shape index (κ2) is 3.95. The minimum atomic E-state index is 0.535. The average Bonchev–Trinajstić information content (AvgIpc) is 2.59. The van der Waals surface area contributed by atoms with Crippen LogP contribution in [0, 0.1) is 0 Å². The van der Waals surface area contributed by atoms with Gasteiger partial charge in [-0.15, -0.1) is 0 Å². The molecule has 15 heavy (non-hydrogen) atoms. The molecule has 0 aliphatic heterocycles. The molecule has 1 aromatic heterocycles. The highest BCUT2D eigenvalue weighted by molar-refractivity contribution is 6.30. The Bertz CT molecular complexity index is 476. The number of aromatic nitrogens is 2. The van der Waals surface area contributed by atoms with Gasteiger partial charge in [-0.05, 0) is 19.1 Å². The first-order valence-corrected chi connectivity index (χ1v) is 5.17. The third-order valence-electron chi connectivity index (χ3n) is 2.32. The van der Waals surface area contributed by atoms with Gasteiger partial charge in [0.15, 0.2) is 0 Å². The molecule has 0 unspecified atom stereocenters. The smallest absolute Gasteiger partial charge is 0.200 e. The zero-order chi connectivity index (χ0) is 10.8. The molecular formula is C11H12ClN3. The Morgan fingerprint density at radius 2 is 2.27 bits per heavy atom. The first-order chi connectivity index (χ1) is 7.22. The summed E-state index contributed by atoms with van der Waals surface area (Å²) < 4.78 is 1.95. The van der Waals surface area contributed by atoms with Gasteiger partial charge < -0.3 is 10.3 Å². The number of halogens is 1. The van der Waals surface area contributed by atoms with Gasteiger partial charge in [0.2, 0.25) is 5.95 Å². The lowest BCUT2D eigenvalue weighted by Gasteiger charge is -2.06. The molecule has 0 aliphatic rings. The highest BCUT2D eigenvalue weighted by Crippen LogP contribution is 2.24. The second-order valence-corrected chi connectivity index (χ2v) is 3.69. The molecule has 3 nitrogen and oxygen atoms in total. The van der Waals surface area contributed by atoms with Crippen LogP contribution in [0.25, 0.3) is 11.3 Å². The molecule has 1 aromatic carbocycles. The van der Waals surface area contributed by atoms with Crippen molar-refractivity contribution in [3.05, 3.63) is 35.5 Å². The summed E-state index contributed by atoms with van der Waals surface area (Å²) in [7, 11) is 0. The number of hydrogen-bond donors (Lipinski definition) is 1. The predicted octanol–water partition coefficient (Wildman–Crippen LogP) is 2.81. The molecule has 0 amide bonds. The van der Waals surface area contributed by atoms with Gasteiger partial charge in [0.05, 0.1) is 11.9 Å². The first kappa shape index (κ1) is 10.1. The molecular weight excluding hydrogens is 210 g/mol. The molecule has 0 atom stereocenters. The van der Waals surface area contributed by atoms with Crippen molar-refractivity contribution in [2.75, 3.05) is 5.73 Å². The van der Waals surface area contributed by atoms with E-state index in [2.05, 4.69) is 4.98 Å². The Morgan fingerprint density at radius 3 is 2.93 bits per heavy atom.